The summed E-state index contributed by atoms with van der Waals surface area (Å²) in [6.07, 6.45) is 0.604. The number of nitrogens with one attached hydrogen (secondary N) is 1. The molecule has 0 amide bonds. The molecule has 1 N–H and O–H groups in total. The van der Waals surface area contributed by atoms with Crippen molar-refractivity contribution in [2.24, 2.45) is 0 Å². The number of nitro groups is 1. The van der Waals surface area contributed by atoms with Crippen molar-refractivity contribution >= 4 is 5.69 Å². The van der Waals surface area contributed by atoms with Crippen LogP contribution >= 0.6 is 0 Å². The Morgan fingerprint density at radius 2 is 1.32 bits per heavy atom. The molecular formula is C21H20N2O2. The van der Waals surface area contributed by atoms with Crippen LogP contribution in [-0.4, -0.2) is 11.5 Å². The highest BCUT2D eigenvalue weighted by molar-refractivity contribution is 5.40. The van der Waals surface area contributed by atoms with Crippen molar-refractivity contribution in [3.63, 3.8) is 0 Å². The Morgan fingerprint density at radius 3 is 1.88 bits per heavy atom. The topological polar surface area (TPSA) is 55.2 Å². The molecular weight excluding hydrogens is 312 g/mol. The van der Waals surface area contributed by atoms with Crippen LogP contribution in [0.2, 0.25) is 0 Å². The number of hydrogen-bond acceptors (Lipinski definition) is 3. The highest BCUT2D eigenvalue weighted by atomic mass is 16.6. The molecule has 3 aromatic carbocycles. The molecule has 0 atom stereocenters. The van der Waals surface area contributed by atoms with E-state index in [9.17, 15) is 10.1 Å². The highest BCUT2D eigenvalue weighted by Gasteiger charge is 2.15. The zero-order chi connectivity index (χ0) is 17.5. The molecule has 4 nitrogen and oxygen atoms in total. The quantitative estimate of drug-likeness (QED) is 0.511. The molecule has 3 rings (SSSR count). The molecule has 0 aliphatic rings. The summed E-state index contributed by atoms with van der Waals surface area (Å²) in [7, 11) is 0. The summed E-state index contributed by atoms with van der Waals surface area (Å²) in [4.78, 5) is 10.8. The van der Waals surface area contributed by atoms with Crippen LogP contribution in [0.15, 0.2) is 84.9 Å². The van der Waals surface area contributed by atoms with Crippen LogP contribution in [0.1, 0.15) is 22.7 Å². The fourth-order valence-electron chi connectivity index (χ4n) is 2.97. The number of hydrogen-bond donors (Lipinski definition) is 1. The van der Waals surface area contributed by atoms with Crippen molar-refractivity contribution < 1.29 is 4.92 Å². The van der Waals surface area contributed by atoms with Gasteiger partial charge in [-0.25, -0.2) is 0 Å². The number of nitrogens with zero attached hydrogens (tertiary/aromatic N) is 1. The Labute approximate surface area is 147 Å². The minimum atomic E-state index is -0.318. The van der Waals surface area contributed by atoms with Gasteiger partial charge in [0.15, 0.2) is 0 Å². The SMILES string of the molecule is O=[N+]([O-])c1ccccc1CCNC(c1ccccc1)c1ccccc1. The van der Waals surface area contributed by atoms with Crippen LogP contribution < -0.4 is 5.32 Å². The molecule has 0 saturated carbocycles. The molecule has 4 heteroatoms. The van der Waals surface area contributed by atoms with Crippen LogP contribution in [-0.2, 0) is 6.42 Å². The predicted octanol–water partition coefficient (Wildman–Crippen LogP) is 4.52. The van der Waals surface area contributed by atoms with Crippen LogP contribution in [0.3, 0.4) is 0 Å². The van der Waals surface area contributed by atoms with E-state index in [0.717, 1.165) is 5.56 Å². The van der Waals surface area contributed by atoms with Crippen molar-refractivity contribution in [3.05, 3.63) is 112 Å². The molecule has 25 heavy (non-hydrogen) atoms. The first-order valence-electron chi connectivity index (χ1n) is 8.31. The maximum Gasteiger partial charge on any atom is 0.272 e. The standard InChI is InChI=1S/C21H20N2O2/c24-23(25)20-14-8-7-9-17(20)15-16-22-21(18-10-3-1-4-11-18)19-12-5-2-6-13-19/h1-14,21-22H,15-16H2. The van der Waals surface area contributed by atoms with Gasteiger partial charge in [-0.05, 0) is 17.5 Å². The van der Waals surface area contributed by atoms with Gasteiger partial charge in [-0.2, -0.15) is 0 Å². The van der Waals surface area contributed by atoms with E-state index in [1.165, 1.54) is 11.1 Å². The van der Waals surface area contributed by atoms with Crippen molar-refractivity contribution in [2.45, 2.75) is 12.5 Å². The lowest BCUT2D eigenvalue weighted by molar-refractivity contribution is -0.385. The predicted molar refractivity (Wildman–Crippen MR) is 99.5 cm³/mol. The molecule has 0 aliphatic carbocycles. The highest BCUT2D eigenvalue weighted by Crippen LogP contribution is 2.22. The summed E-state index contributed by atoms with van der Waals surface area (Å²) < 4.78 is 0. The normalized spacial score (nSPS) is 10.8. The Hall–Kier alpha value is -2.98. The smallest absolute Gasteiger partial charge is 0.272 e. The third kappa shape index (κ3) is 4.31. The summed E-state index contributed by atoms with van der Waals surface area (Å²) in [5, 5.41) is 14.7. The van der Waals surface area contributed by atoms with Crippen LogP contribution in [0, 0.1) is 10.1 Å². The molecule has 0 fully saturated rings. The summed E-state index contributed by atoms with van der Waals surface area (Å²) in [5.41, 5.74) is 3.28. The van der Waals surface area contributed by atoms with Gasteiger partial charge in [0.05, 0.1) is 11.0 Å². The van der Waals surface area contributed by atoms with Gasteiger partial charge in [0.1, 0.15) is 0 Å². The van der Waals surface area contributed by atoms with E-state index >= 15 is 0 Å². The minimum absolute atomic E-state index is 0.0603. The summed E-state index contributed by atoms with van der Waals surface area (Å²) in [5.74, 6) is 0. The molecule has 0 radical (unpaired) electrons. The van der Waals surface area contributed by atoms with Gasteiger partial charge >= 0.3 is 0 Å². The van der Waals surface area contributed by atoms with Crippen LogP contribution in [0.25, 0.3) is 0 Å². The Bertz CT molecular complexity index is 780. The molecule has 0 aromatic heterocycles. The Kier molecular flexibility index (Phi) is 5.54. The summed E-state index contributed by atoms with van der Waals surface area (Å²) in [6, 6.07) is 27.4. The van der Waals surface area contributed by atoms with E-state index in [1.807, 2.05) is 48.5 Å². The number of para-hydroxylation sites is 1. The zero-order valence-electron chi connectivity index (χ0n) is 13.8. The molecule has 126 valence electrons. The molecule has 0 bridgehead atoms. The number of nitro benzene ring substituents is 1. The van der Waals surface area contributed by atoms with Gasteiger partial charge in [-0.15, -0.1) is 0 Å². The molecule has 0 aliphatic heterocycles. The average Bonchev–Trinajstić information content (AvgIpc) is 2.67. The summed E-state index contributed by atoms with van der Waals surface area (Å²) >= 11 is 0. The van der Waals surface area contributed by atoms with E-state index in [2.05, 4.69) is 29.6 Å². The molecule has 0 saturated heterocycles. The number of benzene rings is 3. The second-order valence-corrected chi connectivity index (χ2v) is 5.84. The van der Waals surface area contributed by atoms with Crippen molar-refractivity contribution in [3.8, 4) is 0 Å². The van der Waals surface area contributed by atoms with Crippen molar-refractivity contribution in [1.82, 2.24) is 5.32 Å². The monoisotopic (exact) mass is 332 g/mol. The first-order valence-corrected chi connectivity index (χ1v) is 8.31. The third-order valence-corrected chi connectivity index (χ3v) is 4.20. The van der Waals surface area contributed by atoms with Gasteiger partial charge in [-0.1, -0.05) is 78.9 Å². The number of rotatable bonds is 7. The molecule has 0 spiro atoms. The van der Waals surface area contributed by atoms with E-state index in [-0.39, 0.29) is 16.7 Å². The fourth-order valence-corrected chi connectivity index (χ4v) is 2.97. The Balaban J connectivity index is 1.75. The van der Waals surface area contributed by atoms with Gasteiger partial charge in [0, 0.05) is 18.2 Å². The van der Waals surface area contributed by atoms with Gasteiger partial charge in [-0.3, -0.25) is 10.1 Å². The van der Waals surface area contributed by atoms with Crippen molar-refractivity contribution in [2.75, 3.05) is 6.54 Å². The van der Waals surface area contributed by atoms with E-state index in [4.69, 9.17) is 0 Å². The maximum atomic E-state index is 11.1. The first-order chi connectivity index (χ1) is 12.3. The molecule has 0 heterocycles. The lowest BCUT2D eigenvalue weighted by Gasteiger charge is -2.20. The second kappa shape index (κ2) is 8.22. The van der Waals surface area contributed by atoms with Gasteiger partial charge in [0.25, 0.3) is 5.69 Å². The lowest BCUT2D eigenvalue weighted by Crippen LogP contribution is -2.24. The largest absolute Gasteiger partial charge is 0.306 e. The molecule has 0 unspecified atom stereocenters. The van der Waals surface area contributed by atoms with Gasteiger partial charge < -0.3 is 5.32 Å². The van der Waals surface area contributed by atoms with E-state index in [0.29, 0.717) is 13.0 Å². The third-order valence-electron chi connectivity index (χ3n) is 4.20. The fraction of sp³-hybridized carbons (Fsp3) is 0.143. The zero-order valence-corrected chi connectivity index (χ0v) is 13.8. The Morgan fingerprint density at radius 1 is 0.800 bits per heavy atom. The van der Waals surface area contributed by atoms with Crippen molar-refractivity contribution in [1.29, 1.82) is 0 Å². The second-order valence-electron chi connectivity index (χ2n) is 5.84. The van der Waals surface area contributed by atoms with Crippen LogP contribution in [0.4, 0.5) is 5.69 Å². The minimum Gasteiger partial charge on any atom is -0.306 e. The summed E-state index contributed by atoms with van der Waals surface area (Å²) in [6.45, 7) is 0.652. The van der Waals surface area contributed by atoms with Crippen LogP contribution in [0.5, 0.6) is 0 Å². The van der Waals surface area contributed by atoms with E-state index in [1.54, 1.807) is 12.1 Å². The lowest BCUT2D eigenvalue weighted by atomic mass is 9.98. The molecule has 3 aromatic rings. The first kappa shape index (κ1) is 16.9. The average molecular weight is 332 g/mol. The van der Waals surface area contributed by atoms with Gasteiger partial charge in [0.2, 0.25) is 0 Å². The maximum absolute atomic E-state index is 11.1. The van der Waals surface area contributed by atoms with E-state index < -0.39 is 0 Å².